The van der Waals surface area contributed by atoms with Crippen LogP contribution in [-0.2, 0) is 14.8 Å². The third kappa shape index (κ3) is 4.69. The third-order valence-corrected chi connectivity index (χ3v) is 10.6. The number of rotatable bonds is 7. The number of sulfonamides is 1. The van der Waals surface area contributed by atoms with E-state index in [9.17, 15) is 31.5 Å². The predicted octanol–water partition coefficient (Wildman–Crippen LogP) is 6.39. The normalized spacial score (nSPS) is 25.2. The molecule has 2 fully saturated rings. The van der Waals surface area contributed by atoms with E-state index in [1.54, 1.807) is 37.3 Å². The summed E-state index contributed by atoms with van der Waals surface area (Å²) < 4.78 is 80.3. The topological polar surface area (TPSA) is 93.1 Å². The van der Waals surface area contributed by atoms with E-state index in [0.717, 1.165) is 17.7 Å². The lowest BCUT2D eigenvalue weighted by Gasteiger charge is -2.43. The Balaban J connectivity index is 1.44. The molecule has 11 heteroatoms. The van der Waals surface area contributed by atoms with Crippen molar-refractivity contribution >= 4 is 21.7 Å². The maximum atomic E-state index is 14.3. The first kappa shape index (κ1) is 27.4. The summed E-state index contributed by atoms with van der Waals surface area (Å²) in [6.45, 7) is -1.39. The van der Waals surface area contributed by atoms with Gasteiger partial charge in [0.1, 0.15) is 23.4 Å². The highest BCUT2D eigenvalue weighted by atomic mass is 32.2. The van der Waals surface area contributed by atoms with Gasteiger partial charge >= 0.3 is 12.6 Å². The number of benzene rings is 3. The fourth-order valence-corrected chi connectivity index (χ4v) is 8.33. The largest absolute Gasteiger partial charge is 0.486 e. The number of ether oxygens (including phenoxy) is 2. The van der Waals surface area contributed by atoms with Crippen molar-refractivity contribution in [3.8, 4) is 22.6 Å². The maximum absolute atomic E-state index is 14.3. The zero-order chi connectivity index (χ0) is 29.2. The van der Waals surface area contributed by atoms with Crippen molar-refractivity contribution in [2.24, 2.45) is 10.8 Å². The van der Waals surface area contributed by atoms with Gasteiger partial charge in [-0.25, -0.2) is 12.8 Å². The van der Waals surface area contributed by atoms with E-state index in [0.29, 0.717) is 37.7 Å². The van der Waals surface area contributed by atoms with Gasteiger partial charge < -0.3 is 14.6 Å². The Bertz CT molecular complexity index is 1630. The molecule has 3 aromatic rings. The molecule has 1 atom stereocenters. The number of hydrogen-bond donors (Lipinski definition) is 1. The molecule has 1 aliphatic heterocycles. The van der Waals surface area contributed by atoms with Gasteiger partial charge in [0.25, 0.3) is 10.0 Å². The molecule has 6 rings (SSSR count). The van der Waals surface area contributed by atoms with Crippen LogP contribution in [0.5, 0.6) is 11.5 Å². The summed E-state index contributed by atoms with van der Waals surface area (Å²) in [4.78, 5) is 12.2. The second kappa shape index (κ2) is 9.68. The number of carboxylic acids is 1. The number of carbonyl (C=O) groups is 1. The fraction of sp³-hybridized carbons (Fsp3) is 0.367. The van der Waals surface area contributed by atoms with Gasteiger partial charge in [-0.1, -0.05) is 18.2 Å². The minimum atomic E-state index is -4.11. The highest BCUT2D eigenvalue weighted by Crippen LogP contribution is 2.64. The van der Waals surface area contributed by atoms with Crippen LogP contribution in [0.2, 0.25) is 0 Å². The number of fused-ring (bicyclic) bond motifs is 3. The minimum absolute atomic E-state index is 0.0364. The molecule has 2 bridgehead atoms. The summed E-state index contributed by atoms with van der Waals surface area (Å²) in [5.74, 6) is -1.69. The number of nitrogens with zero attached hydrogens (tertiary/aromatic N) is 1. The van der Waals surface area contributed by atoms with Crippen LogP contribution in [0.15, 0.2) is 65.6 Å². The number of anilines is 1. The third-order valence-electron chi connectivity index (χ3n) is 8.87. The molecule has 2 aliphatic carbocycles. The highest BCUT2D eigenvalue weighted by molar-refractivity contribution is 7.92. The van der Waals surface area contributed by atoms with E-state index in [-0.39, 0.29) is 34.2 Å². The molecule has 216 valence electrons. The highest BCUT2D eigenvalue weighted by Gasteiger charge is 2.62. The lowest BCUT2D eigenvalue weighted by atomic mass is 9.78. The zero-order valence-corrected chi connectivity index (χ0v) is 23.0. The molecule has 1 N–H and O–H groups in total. The number of carboxylic acid groups (broad SMARTS) is 1. The van der Waals surface area contributed by atoms with Gasteiger partial charge in [0, 0.05) is 11.5 Å². The molecular formula is C30H28F3NO6S. The van der Waals surface area contributed by atoms with E-state index in [4.69, 9.17) is 4.74 Å². The van der Waals surface area contributed by atoms with Crippen LogP contribution in [0.25, 0.3) is 11.1 Å². The van der Waals surface area contributed by atoms with Crippen LogP contribution in [0.1, 0.15) is 37.7 Å². The van der Waals surface area contributed by atoms with Crippen LogP contribution in [0.3, 0.4) is 0 Å². The molecule has 0 unspecified atom stereocenters. The van der Waals surface area contributed by atoms with Crippen LogP contribution in [-0.4, -0.2) is 38.8 Å². The van der Waals surface area contributed by atoms with Crippen LogP contribution >= 0.6 is 0 Å². The summed E-state index contributed by atoms with van der Waals surface area (Å²) in [6.07, 6.45) is 2.10. The molecule has 1 heterocycles. The van der Waals surface area contributed by atoms with E-state index >= 15 is 0 Å². The van der Waals surface area contributed by atoms with Crippen molar-refractivity contribution in [1.82, 2.24) is 0 Å². The van der Waals surface area contributed by atoms with E-state index in [2.05, 4.69) is 4.74 Å². The van der Waals surface area contributed by atoms with Crippen molar-refractivity contribution < 1.29 is 41.0 Å². The van der Waals surface area contributed by atoms with Crippen molar-refractivity contribution in [1.29, 1.82) is 0 Å². The van der Waals surface area contributed by atoms with E-state index in [1.165, 1.54) is 22.5 Å². The SMILES string of the molecule is Cc1cccc(S(=O)(=O)N2C[C@H](C34CCC(C(=O)O)(CC3)C4)Oc3ccc(-c4cc(F)cc(OC(F)F)c4)cc32)c1. The number of hydrogen-bond acceptors (Lipinski definition) is 5. The Kier molecular flexibility index (Phi) is 6.48. The standard InChI is InChI=1S/C30H28F3NO6S/c1-18-3-2-4-23(11-18)41(37,38)34-16-26(29-7-9-30(17-29,10-8-29)27(35)36)40-25-6-5-19(14-24(25)34)20-12-21(31)15-22(13-20)39-28(32)33/h2-6,11-15,26,28H,7-10,16-17H2,1H3,(H,35,36)/t26-,29?,30?/m1/s1. The molecule has 0 radical (unpaired) electrons. The molecule has 7 nitrogen and oxygen atoms in total. The van der Waals surface area contributed by atoms with Crippen molar-refractivity contribution in [2.75, 3.05) is 10.8 Å². The summed E-state index contributed by atoms with van der Waals surface area (Å²) in [5, 5.41) is 9.92. The lowest BCUT2D eigenvalue weighted by Crippen LogP contribution is -2.50. The average molecular weight is 588 g/mol. The predicted molar refractivity (Wildman–Crippen MR) is 144 cm³/mol. The average Bonchev–Trinajstić information content (AvgIpc) is 3.51. The van der Waals surface area contributed by atoms with Gasteiger partial charge in [-0.3, -0.25) is 9.10 Å². The second-order valence-corrected chi connectivity index (χ2v) is 13.2. The van der Waals surface area contributed by atoms with E-state index < -0.39 is 45.4 Å². The maximum Gasteiger partial charge on any atom is 0.387 e. The Morgan fingerprint density at radius 2 is 1.80 bits per heavy atom. The number of aryl methyl sites for hydroxylation is 1. The number of halogens is 3. The Morgan fingerprint density at radius 1 is 1.05 bits per heavy atom. The molecule has 0 amide bonds. The van der Waals surface area contributed by atoms with Gasteiger partial charge in [-0.15, -0.1) is 0 Å². The van der Waals surface area contributed by atoms with Crippen LogP contribution in [0, 0.1) is 23.6 Å². The summed E-state index contributed by atoms with van der Waals surface area (Å²) in [6, 6.07) is 14.5. The van der Waals surface area contributed by atoms with Gasteiger partial charge in [-0.05, 0) is 92.1 Å². The molecular weight excluding hydrogens is 559 g/mol. The summed E-state index contributed by atoms with van der Waals surface area (Å²) >= 11 is 0. The monoisotopic (exact) mass is 587 g/mol. The van der Waals surface area contributed by atoms with Crippen molar-refractivity contribution in [2.45, 2.75) is 56.6 Å². The number of alkyl halides is 2. The zero-order valence-electron chi connectivity index (χ0n) is 22.1. The fourth-order valence-electron chi connectivity index (χ4n) is 6.76. The Morgan fingerprint density at radius 3 is 2.46 bits per heavy atom. The summed E-state index contributed by atoms with van der Waals surface area (Å²) in [5.41, 5.74) is 0.265. The van der Waals surface area contributed by atoms with Crippen LogP contribution in [0.4, 0.5) is 18.9 Å². The van der Waals surface area contributed by atoms with E-state index in [1.807, 2.05) is 0 Å². The molecule has 0 aromatic heterocycles. The lowest BCUT2D eigenvalue weighted by molar-refractivity contribution is -0.148. The molecule has 3 aromatic carbocycles. The molecule has 41 heavy (non-hydrogen) atoms. The second-order valence-electron chi connectivity index (χ2n) is 11.3. The smallest absolute Gasteiger partial charge is 0.387 e. The molecule has 2 saturated carbocycles. The molecule has 0 spiro atoms. The molecule has 0 saturated heterocycles. The summed E-state index contributed by atoms with van der Waals surface area (Å²) in [7, 11) is -4.11. The van der Waals surface area contributed by atoms with Gasteiger partial charge in [0.05, 0.1) is 22.5 Å². The first-order valence-electron chi connectivity index (χ1n) is 13.3. The van der Waals surface area contributed by atoms with Crippen molar-refractivity contribution in [3.05, 3.63) is 72.0 Å². The van der Waals surface area contributed by atoms with Gasteiger partial charge in [0.2, 0.25) is 0 Å². The minimum Gasteiger partial charge on any atom is -0.486 e. The first-order valence-corrected chi connectivity index (χ1v) is 14.7. The molecule has 3 aliphatic rings. The van der Waals surface area contributed by atoms with Crippen LogP contribution < -0.4 is 13.8 Å². The van der Waals surface area contributed by atoms with Crippen molar-refractivity contribution in [3.63, 3.8) is 0 Å². The van der Waals surface area contributed by atoms with Gasteiger partial charge in [0.15, 0.2) is 0 Å². The Labute approximate surface area is 235 Å². The Hall–Kier alpha value is -3.73. The quantitative estimate of drug-likeness (QED) is 0.344. The first-order chi connectivity index (χ1) is 19.4. The van der Waals surface area contributed by atoms with Gasteiger partial charge in [-0.2, -0.15) is 8.78 Å². The number of aliphatic carboxylic acids is 1.